The number of ketones is 1. The van der Waals surface area contributed by atoms with Gasteiger partial charge in [-0.25, -0.2) is 0 Å². The van der Waals surface area contributed by atoms with Crippen LogP contribution in [0.15, 0.2) is 0 Å². The van der Waals surface area contributed by atoms with Gasteiger partial charge in [-0.1, -0.05) is 0 Å². The van der Waals surface area contributed by atoms with Gasteiger partial charge in [0.25, 0.3) is 0 Å². The first kappa shape index (κ1) is 10.1. The number of hydrogen-bond acceptors (Lipinski definition) is 4. The normalized spacial score (nSPS) is 13.1. The molecular weight excluding hydrogens is 150 g/mol. The number of aliphatic hydroxyl groups is 1. The third kappa shape index (κ3) is 3.69. The molecule has 0 aliphatic carbocycles. The van der Waals surface area contributed by atoms with Crippen molar-refractivity contribution in [2.75, 3.05) is 0 Å². The minimum absolute atomic E-state index is 0.459. The summed E-state index contributed by atoms with van der Waals surface area (Å²) in [5.41, 5.74) is 5.11. The second-order valence-corrected chi connectivity index (χ2v) is 2.15. The molecule has 0 rings (SSSR count). The predicted molar refractivity (Wildman–Crippen MR) is 36.1 cm³/mol. The molecule has 63 valence electrons. The molecule has 0 aromatic rings. The molecule has 1 atom stereocenters. The average Bonchev–Trinajstić information content (AvgIpc) is 1.84. The zero-order valence-electron chi connectivity index (χ0n) is 6.07. The van der Waals surface area contributed by atoms with E-state index in [-0.39, 0.29) is 0 Å². The van der Waals surface area contributed by atoms with Gasteiger partial charge < -0.3 is 15.9 Å². The number of aliphatic carboxylic acids is 1. The first-order chi connectivity index (χ1) is 4.95. The lowest BCUT2D eigenvalue weighted by Gasteiger charge is -2.07. The van der Waals surface area contributed by atoms with Crippen LogP contribution in [-0.4, -0.2) is 28.0 Å². The molecule has 4 N–H and O–H groups in total. The van der Waals surface area contributed by atoms with Crippen LogP contribution in [-0.2, 0) is 9.59 Å². The van der Waals surface area contributed by atoms with E-state index in [2.05, 4.69) is 0 Å². The molecule has 1 radical (unpaired) electrons. The van der Waals surface area contributed by atoms with Gasteiger partial charge >= 0.3 is 5.97 Å². The van der Waals surface area contributed by atoms with Crippen molar-refractivity contribution < 1.29 is 19.8 Å². The Hall–Kier alpha value is -0.940. The van der Waals surface area contributed by atoms with Gasteiger partial charge in [0.15, 0.2) is 11.9 Å². The Morgan fingerprint density at radius 3 is 2.18 bits per heavy atom. The molecule has 0 saturated heterocycles. The molecule has 0 bridgehead atoms. The van der Waals surface area contributed by atoms with Crippen LogP contribution in [0.25, 0.3) is 0 Å². The van der Waals surface area contributed by atoms with E-state index in [4.69, 9.17) is 15.9 Å². The number of carboxylic acid groups (broad SMARTS) is 1. The molecule has 0 aromatic carbocycles. The maximum Gasteiger partial charge on any atom is 0.305 e. The van der Waals surface area contributed by atoms with Crippen LogP contribution in [0, 0.1) is 6.10 Å². The van der Waals surface area contributed by atoms with Crippen molar-refractivity contribution in [1.82, 2.24) is 0 Å². The van der Waals surface area contributed by atoms with Crippen molar-refractivity contribution in [1.29, 1.82) is 0 Å². The topological polar surface area (TPSA) is 101 Å². The number of rotatable bonds is 4. The third-order valence-electron chi connectivity index (χ3n) is 1.09. The summed E-state index contributed by atoms with van der Waals surface area (Å²) in [7, 11) is 0. The predicted octanol–water partition coefficient (Wildman–Crippen LogP) is -0.718. The van der Waals surface area contributed by atoms with E-state index in [9.17, 15) is 9.59 Å². The minimum Gasteiger partial charge on any atom is -0.481 e. The fourth-order valence-corrected chi connectivity index (χ4v) is 0.549. The summed E-state index contributed by atoms with van der Waals surface area (Å²) in [5.74, 6) is -1.89. The van der Waals surface area contributed by atoms with Gasteiger partial charge in [0, 0.05) is 0 Å². The van der Waals surface area contributed by atoms with Crippen molar-refractivity contribution in [2.24, 2.45) is 5.73 Å². The molecule has 5 heteroatoms. The average molecular weight is 160 g/mol. The Morgan fingerprint density at radius 2 is 1.91 bits per heavy atom. The van der Waals surface area contributed by atoms with Crippen LogP contribution in [0.1, 0.15) is 13.3 Å². The van der Waals surface area contributed by atoms with Gasteiger partial charge in [0.1, 0.15) is 0 Å². The Labute approximate surface area is 63.8 Å². The maximum absolute atomic E-state index is 10.7. The van der Waals surface area contributed by atoms with Gasteiger partial charge in [0.05, 0.1) is 12.5 Å². The van der Waals surface area contributed by atoms with Crippen molar-refractivity contribution in [3.63, 3.8) is 0 Å². The molecule has 0 aliphatic heterocycles. The highest BCUT2D eigenvalue weighted by Crippen LogP contribution is 2.00. The fraction of sp³-hybridized carbons (Fsp3) is 0.500. The molecular formula is C6H10NO4. The van der Waals surface area contributed by atoms with Crippen LogP contribution in [0.2, 0.25) is 0 Å². The Morgan fingerprint density at radius 1 is 1.45 bits per heavy atom. The number of carboxylic acids is 1. The third-order valence-corrected chi connectivity index (χ3v) is 1.09. The zero-order valence-corrected chi connectivity index (χ0v) is 6.07. The van der Waals surface area contributed by atoms with Crippen LogP contribution >= 0.6 is 0 Å². The number of nitrogens with two attached hydrogens (primary N) is 1. The lowest BCUT2D eigenvalue weighted by molar-refractivity contribution is -0.139. The molecule has 0 unspecified atom stereocenters. The smallest absolute Gasteiger partial charge is 0.305 e. The maximum atomic E-state index is 10.7. The first-order valence-corrected chi connectivity index (χ1v) is 2.99. The monoisotopic (exact) mass is 160 g/mol. The highest BCUT2D eigenvalue weighted by molar-refractivity contribution is 5.95. The van der Waals surface area contributed by atoms with Crippen LogP contribution in [0.3, 0.4) is 0 Å². The summed E-state index contributed by atoms with van der Waals surface area (Å²) in [6.07, 6.45) is -0.921. The van der Waals surface area contributed by atoms with E-state index >= 15 is 0 Å². The van der Waals surface area contributed by atoms with E-state index in [1.165, 1.54) is 6.92 Å². The van der Waals surface area contributed by atoms with Crippen molar-refractivity contribution in [3.05, 3.63) is 6.10 Å². The number of carbonyl (C=O) groups excluding carboxylic acids is 1. The largest absolute Gasteiger partial charge is 0.481 e. The highest BCUT2D eigenvalue weighted by atomic mass is 16.4. The van der Waals surface area contributed by atoms with Crippen LogP contribution < -0.4 is 5.73 Å². The Bertz CT molecular complexity index is 166. The number of aliphatic hydroxyl groups excluding tert-OH is 1. The van der Waals surface area contributed by atoms with Gasteiger partial charge in [0.2, 0.25) is 0 Å². The standard InChI is InChI=1S/C6H10NO4/c1-3(8)6(11)4(7)2-5(9)10/h4,8H,2,7H2,1H3,(H,9,10)/t4-/m0/s1. The van der Waals surface area contributed by atoms with E-state index in [1.54, 1.807) is 0 Å². The number of carbonyl (C=O) groups is 2. The second kappa shape index (κ2) is 4.05. The van der Waals surface area contributed by atoms with Crippen molar-refractivity contribution in [2.45, 2.75) is 19.4 Å². The summed E-state index contributed by atoms with van der Waals surface area (Å²) in [5, 5.41) is 16.8. The minimum atomic E-state index is -1.16. The summed E-state index contributed by atoms with van der Waals surface area (Å²) in [4.78, 5) is 20.7. The molecule has 0 fully saturated rings. The lowest BCUT2D eigenvalue weighted by atomic mass is 10.1. The number of hydrogen-bond donors (Lipinski definition) is 3. The van der Waals surface area contributed by atoms with Gasteiger partial charge in [-0.15, -0.1) is 0 Å². The molecule has 0 aliphatic rings. The molecule has 0 heterocycles. The lowest BCUT2D eigenvalue weighted by Crippen LogP contribution is -2.35. The zero-order chi connectivity index (χ0) is 9.02. The van der Waals surface area contributed by atoms with E-state index < -0.39 is 30.3 Å². The second-order valence-electron chi connectivity index (χ2n) is 2.15. The van der Waals surface area contributed by atoms with Crippen molar-refractivity contribution in [3.8, 4) is 0 Å². The van der Waals surface area contributed by atoms with Crippen LogP contribution in [0.5, 0.6) is 0 Å². The quantitative estimate of drug-likeness (QED) is 0.504. The summed E-state index contributed by atoms with van der Waals surface area (Å²) in [6, 6.07) is -1.14. The first-order valence-electron chi connectivity index (χ1n) is 2.99. The fourth-order valence-electron chi connectivity index (χ4n) is 0.549. The van der Waals surface area contributed by atoms with Crippen LogP contribution in [0.4, 0.5) is 0 Å². The molecule has 0 spiro atoms. The Kier molecular flexibility index (Phi) is 3.70. The molecule has 0 saturated carbocycles. The van der Waals surface area contributed by atoms with Gasteiger partial charge in [-0.3, -0.25) is 9.59 Å². The Balaban J connectivity index is 3.93. The molecule has 0 aromatic heterocycles. The van der Waals surface area contributed by atoms with Gasteiger partial charge in [-0.05, 0) is 6.92 Å². The van der Waals surface area contributed by atoms with E-state index in [1.807, 2.05) is 0 Å². The summed E-state index contributed by atoms with van der Waals surface area (Å²) in [6.45, 7) is 1.17. The molecule has 0 amide bonds. The number of Topliss-reactive ketones (excluding diaryl/α,β-unsaturated/α-hetero) is 1. The van der Waals surface area contributed by atoms with Gasteiger partial charge in [-0.2, -0.15) is 0 Å². The molecule has 5 nitrogen and oxygen atoms in total. The highest BCUT2D eigenvalue weighted by Gasteiger charge is 2.21. The SMILES string of the molecule is C[C](O)C(=O)[C@@H](N)CC(=O)O. The van der Waals surface area contributed by atoms with E-state index in [0.717, 1.165) is 0 Å². The summed E-state index contributed by atoms with van der Waals surface area (Å²) >= 11 is 0. The van der Waals surface area contributed by atoms with Crippen molar-refractivity contribution >= 4 is 11.8 Å². The summed E-state index contributed by atoms with van der Waals surface area (Å²) < 4.78 is 0. The van der Waals surface area contributed by atoms with E-state index in [0.29, 0.717) is 0 Å². The molecule has 11 heavy (non-hydrogen) atoms.